The van der Waals surface area contributed by atoms with Crippen molar-refractivity contribution in [3.8, 4) is 11.5 Å². The summed E-state index contributed by atoms with van der Waals surface area (Å²) in [5.41, 5.74) is -0.813. The highest BCUT2D eigenvalue weighted by Crippen LogP contribution is 2.37. The fourth-order valence-corrected chi connectivity index (χ4v) is 2.23. The number of rotatable bonds is 2. The third-order valence-electron chi connectivity index (χ3n) is 2.37. The Balaban J connectivity index is 2.33. The molecule has 0 fully saturated rings. The number of halogens is 6. The van der Waals surface area contributed by atoms with Crippen LogP contribution in [0.5, 0.6) is 11.5 Å². The SMILES string of the molecule is Fc1ccc(Br)cc1Oc1ccc(C(F)(F)F)cc1Br. The van der Waals surface area contributed by atoms with Gasteiger partial charge in [-0.15, -0.1) is 0 Å². The fraction of sp³-hybridized carbons (Fsp3) is 0.0769. The van der Waals surface area contributed by atoms with E-state index in [0.717, 1.165) is 18.2 Å². The Hall–Kier alpha value is -1.08. The van der Waals surface area contributed by atoms with E-state index in [1.54, 1.807) is 0 Å². The molecule has 0 saturated heterocycles. The molecule has 0 saturated carbocycles. The molecule has 1 nitrogen and oxygen atoms in total. The first-order valence-electron chi connectivity index (χ1n) is 5.27. The van der Waals surface area contributed by atoms with E-state index in [-0.39, 0.29) is 16.0 Å². The second-order valence-corrected chi connectivity index (χ2v) is 5.59. The van der Waals surface area contributed by atoms with Crippen molar-refractivity contribution in [1.29, 1.82) is 0 Å². The summed E-state index contributed by atoms with van der Waals surface area (Å²) in [6.07, 6.45) is -4.44. The van der Waals surface area contributed by atoms with Crippen LogP contribution in [0.3, 0.4) is 0 Å². The summed E-state index contributed by atoms with van der Waals surface area (Å²) in [4.78, 5) is 0. The van der Waals surface area contributed by atoms with Gasteiger partial charge in [-0.05, 0) is 52.3 Å². The highest BCUT2D eigenvalue weighted by molar-refractivity contribution is 9.10. The van der Waals surface area contributed by atoms with Crippen molar-refractivity contribution in [2.24, 2.45) is 0 Å². The first kappa shape index (κ1) is 15.3. The Bertz CT molecular complexity index is 641. The maximum absolute atomic E-state index is 13.5. The van der Waals surface area contributed by atoms with Crippen LogP contribution in [-0.2, 0) is 6.18 Å². The normalized spacial score (nSPS) is 11.5. The maximum Gasteiger partial charge on any atom is 0.416 e. The third kappa shape index (κ3) is 3.52. The molecule has 2 aromatic rings. The van der Waals surface area contributed by atoms with E-state index in [4.69, 9.17) is 4.74 Å². The first-order chi connectivity index (χ1) is 9.27. The van der Waals surface area contributed by atoms with Crippen molar-refractivity contribution < 1.29 is 22.3 Å². The lowest BCUT2D eigenvalue weighted by Gasteiger charge is -2.12. The number of benzene rings is 2. The quantitative estimate of drug-likeness (QED) is 0.535. The Morgan fingerprint density at radius 3 is 2.20 bits per heavy atom. The van der Waals surface area contributed by atoms with Crippen molar-refractivity contribution in [1.82, 2.24) is 0 Å². The maximum atomic E-state index is 13.5. The minimum Gasteiger partial charge on any atom is -0.453 e. The van der Waals surface area contributed by atoms with Gasteiger partial charge in [0.25, 0.3) is 0 Å². The summed E-state index contributed by atoms with van der Waals surface area (Å²) >= 11 is 6.14. The molecule has 0 N–H and O–H groups in total. The summed E-state index contributed by atoms with van der Waals surface area (Å²) < 4.78 is 57.0. The van der Waals surface area contributed by atoms with Gasteiger partial charge >= 0.3 is 6.18 Å². The zero-order valence-corrected chi connectivity index (χ0v) is 12.8. The van der Waals surface area contributed by atoms with E-state index >= 15 is 0 Å². The highest BCUT2D eigenvalue weighted by Gasteiger charge is 2.31. The van der Waals surface area contributed by atoms with E-state index in [1.807, 2.05) is 0 Å². The highest BCUT2D eigenvalue weighted by atomic mass is 79.9. The van der Waals surface area contributed by atoms with Crippen molar-refractivity contribution in [2.45, 2.75) is 6.18 Å². The zero-order valence-electron chi connectivity index (χ0n) is 9.64. The zero-order chi connectivity index (χ0) is 14.9. The molecule has 0 aliphatic rings. The van der Waals surface area contributed by atoms with Crippen LogP contribution in [0.2, 0.25) is 0 Å². The Kier molecular flexibility index (Phi) is 4.39. The molecule has 0 aliphatic heterocycles. The van der Waals surface area contributed by atoms with Gasteiger partial charge in [0.15, 0.2) is 11.6 Å². The lowest BCUT2D eigenvalue weighted by molar-refractivity contribution is -0.137. The van der Waals surface area contributed by atoms with Crippen LogP contribution >= 0.6 is 31.9 Å². The largest absolute Gasteiger partial charge is 0.453 e. The number of ether oxygens (including phenoxy) is 1. The predicted octanol–water partition coefficient (Wildman–Crippen LogP) is 6.16. The molecule has 20 heavy (non-hydrogen) atoms. The monoisotopic (exact) mass is 412 g/mol. The van der Waals surface area contributed by atoms with Crippen LogP contribution < -0.4 is 4.74 Å². The van der Waals surface area contributed by atoms with Crippen LogP contribution in [0.4, 0.5) is 17.6 Å². The van der Waals surface area contributed by atoms with E-state index in [9.17, 15) is 17.6 Å². The lowest BCUT2D eigenvalue weighted by Crippen LogP contribution is -2.04. The molecule has 2 aromatic carbocycles. The third-order valence-corrected chi connectivity index (χ3v) is 3.49. The van der Waals surface area contributed by atoms with Gasteiger partial charge in [-0.2, -0.15) is 13.2 Å². The molecule has 0 radical (unpaired) electrons. The molecular formula is C13H6Br2F4O. The second kappa shape index (κ2) is 5.73. The number of hydrogen-bond acceptors (Lipinski definition) is 1. The molecule has 0 unspecified atom stereocenters. The van der Waals surface area contributed by atoms with Gasteiger partial charge in [-0.1, -0.05) is 15.9 Å². The average molecular weight is 414 g/mol. The predicted molar refractivity (Wildman–Crippen MR) is 73.3 cm³/mol. The van der Waals surface area contributed by atoms with Gasteiger partial charge in [-0.3, -0.25) is 0 Å². The minimum atomic E-state index is -4.44. The minimum absolute atomic E-state index is 0.0835. The molecule has 106 valence electrons. The van der Waals surface area contributed by atoms with Gasteiger partial charge in [-0.25, -0.2) is 4.39 Å². The first-order valence-corrected chi connectivity index (χ1v) is 6.85. The fourth-order valence-electron chi connectivity index (χ4n) is 1.43. The van der Waals surface area contributed by atoms with Gasteiger partial charge < -0.3 is 4.74 Å². The topological polar surface area (TPSA) is 9.23 Å². The molecule has 0 aromatic heterocycles. The molecule has 0 spiro atoms. The molecule has 0 bridgehead atoms. The number of hydrogen-bond donors (Lipinski definition) is 0. The molecule has 0 aliphatic carbocycles. The molecule has 0 heterocycles. The summed E-state index contributed by atoms with van der Waals surface area (Å²) in [5, 5.41) is 0. The molecular weight excluding hydrogens is 408 g/mol. The van der Waals surface area contributed by atoms with Crippen molar-refractivity contribution in [2.75, 3.05) is 0 Å². The summed E-state index contributed by atoms with van der Waals surface area (Å²) in [6.45, 7) is 0. The van der Waals surface area contributed by atoms with E-state index in [1.165, 1.54) is 18.2 Å². The van der Waals surface area contributed by atoms with Crippen LogP contribution in [0.25, 0.3) is 0 Å². The Morgan fingerprint density at radius 2 is 1.60 bits per heavy atom. The van der Waals surface area contributed by atoms with Crippen LogP contribution in [0, 0.1) is 5.82 Å². The van der Waals surface area contributed by atoms with E-state index in [2.05, 4.69) is 31.9 Å². The van der Waals surface area contributed by atoms with Gasteiger partial charge in [0, 0.05) is 4.47 Å². The molecule has 0 atom stereocenters. The van der Waals surface area contributed by atoms with Gasteiger partial charge in [0.05, 0.1) is 10.0 Å². The van der Waals surface area contributed by atoms with E-state index < -0.39 is 17.6 Å². The summed E-state index contributed by atoms with van der Waals surface area (Å²) in [6, 6.07) is 6.95. The Labute approximate surface area is 128 Å². The van der Waals surface area contributed by atoms with Gasteiger partial charge in [0.1, 0.15) is 5.75 Å². The van der Waals surface area contributed by atoms with Crippen molar-refractivity contribution in [3.05, 3.63) is 56.7 Å². The molecule has 7 heteroatoms. The standard InChI is InChI=1S/C13H6Br2F4O/c14-8-2-3-10(16)12(6-8)20-11-4-1-7(5-9(11)15)13(17,18)19/h1-6H. The number of alkyl halides is 3. The van der Waals surface area contributed by atoms with E-state index in [0.29, 0.717) is 4.47 Å². The van der Waals surface area contributed by atoms with Crippen molar-refractivity contribution in [3.63, 3.8) is 0 Å². The Morgan fingerprint density at radius 1 is 0.900 bits per heavy atom. The summed E-state index contributed by atoms with van der Waals surface area (Å²) in [7, 11) is 0. The van der Waals surface area contributed by atoms with Crippen LogP contribution in [0.15, 0.2) is 45.3 Å². The van der Waals surface area contributed by atoms with Crippen LogP contribution in [-0.4, -0.2) is 0 Å². The van der Waals surface area contributed by atoms with Crippen molar-refractivity contribution >= 4 is 31.9 Å². The smallest absolute Gasteiger partial charge is 0.416 e. The molecule has 2 rings (SSSR count). The second-order valence-electron chi connectivity index (χ2n) is 3.82. The summed E-state index contributed by atoms with van der Waals surface area (Å²) in [5.74, 6) is -0.602. The van der Waals surface area contributed by atoms with Gasteiger partial charge in [0.2, 0.25) is 0 Å². The van der Waals surface area contributed by atoms with Crippen LogP contribution in [0.1, 0.15) is 5.56 Å². The lowest BCUT2D eigenvalue weighted by atomic mass is 10.2. The average Bonchev–Trinajstić information content (AvgIpc) is 2.35. The molecule has 0 amide bonds.